The van der Waals surface area contributed by atoms with Crippen molar-refractivity contribution in [2.45, 2.75) is 30.2 Å². The number of carbonyl (C=O) groups excluding carboxylic acids is 2. The maximum Gasteiger partial charge on any atom is 0.328 e. The zero-order valence-electron chi connectivity index (χ0n) is 23.8. The number of rotatable bonds is 7. The Balaban J connectivity index is 1.28. The predicted molar refractivity (Wildman–Crippen MR) is 162 cm³/mol. The number of urea groups is 1. The van der Waals surface area contributed by atoms with Gasteiger partial charge in [-0.3, -0.25) is 15.0 Å². The van der Waals surface area contributed by atoms with E-state index in [2.05, 4.69) is 20.0 Å². The lowest BCUT2D eigenvalue weighted by molar-refractivity contribution is -0.127. The molecule has 14 heteroatoms. The molecule has 0 aliphatic carbocycles. The second-order valence-electron chi connectivity index (χ2n) is 10.5. The fourth-order valence-corrected chi connectivity index (χ4v) is 7.48. The van der Waals surface area contributed by atoms with Crippen molar-refractivity contribution in [1.82, 2.24) is 19.6 Å². The van der Waals surface area contributed by atoms with Gasteiger partial charge >= 0.3 is 6.03 Å². The molecule has 1 spiro atoms. The van der Waals surface area contributed by atoms with Crippen LogP contribution in [-0.2, 0) is 26.8 Å². The number of carbonyl (C=O) groups is 2. The van der Waals surface area contributed by atoms with E-state index in [0.717, 1.165) is 11.1 Å². The van der Waals surface area contributed by atoms with Crippen LogP contribution in [0.2, 0.25) is 0 Å². The van der Waals surface area contributed by atoms with Gasteiger partial charge < -0.3 is 14.4 Å². The lowest BCUT2D eigenvalue weighted by Gasteiger charge is -2.25. The lowest BCUT2D eigenvalue weighted by Crippen LogP contribution is -2.41. The molecule has 6 rings (SSSR count). The Hall–Kier alpha value is -4.27. The van der Waals surface area contributed by atoms with Gasteiger partial charge in [0.2, 0.25) is 21.8 Å². The first-order valence-electron chi connectivity index (χ1n) is 13.5. The molecule has 2 aromatic heterocycles. The van der Waals surface area contributed by atoms with Crippen LogP contribution in [0.3, 0.4) is 0 Å². The van der Waals surface area contributed by atoms with Crippen LogP contribution in [-0.4, -0.2) is 69.1 Å². The molecule has 224 valence electrons. The van der Waals surface area contributed by atoms with Gasteiger partial charge in [0.05, 0.1) is 19.1 Å². The molecule has 12 nitrogen and oxygen atoms in total. The molecule has 0 radical (unpaired) electrons. The van der Waals surface area contributed by atoms with Crippen LogP contribution >= 0.6 is 11.3 Å². The van der Waals surface area contributed by atoms with Gasteiger partial charge in [0.25, 0.3) is 0 Å². The average molecular weight is 623 g/mol. The number of methoxy groups -OCH3 is 2. The maximum absolute atomic E-state index is 13.6. The van der Waals surface area contributed by atoms with Crippen molar-refractivity contribution in [1.29, 1.82) is 0 Å². The number of pyridine rings is 1. The first kappa shape index (κ1) is 28.8. The van der Waals surface area contributed by atoms with E-state index in [9.17, 15) is 18.0 Å². The Kier molecular flexibility index (Phi) is 7.44. The van der Waals surface area contributed by atoms with Gasteiger partial charge in [0.15, 0.2) is 5.13 Å². The second-order valence-corrected chi connectivity index (χ2v) is 13.3. The molecule has 4 heterocycles. The van der Waals surface area contributed by atoms with E-state index in [4.69, 9.17) is 9.47 Å². The minimum absolute atomic E-state index is 0.0661. The number of ether oxygens (including phenoxy) is 2. The number of sulfonamides is 1. The number of hydrogen-bond acceptors (Lipinski definition) is 9. The molecule has 1 saturated heterocycles. The Morgan fingerprint density at radius 3 is 2.51 bits per heavy atom. The van der Waals surface area contributed by atoms with Crippen LogP contribution < -0.4 is 24.4 Å². The van der Waals surface area contributed by atoms with Crippen molar-refractivity contribution in [3.8, 4) is 11.6 Å². The number of fused-ring (bicyclic) bond motifs is 3. The van der Waals surface area contributed by atoms with E-state index >= 15 is 0 Å². The van der Waals surface area contributed by atoms with Crippen LogP contribution in [0, 0.1) is 0 Å². The van der Waals surface area contributed by atoms with E-state index in [-0.39, 0.29) is 23.9 Å². The fraction of sp³-hybridized carbons (Fsp3) is 0.310. The summed E-state index contributed by atoms with van der Waals surface area (Å²) in [4.78, 5) is 38.8. The third kappa shape index (κ3) is 5.48. The normalized spacial score (nSPS) is 17.8. The number of aromatic nitrogens is 2. The monoisotopic (exact) mass is 622 g/mol. The number of anilines is 2. The molecule has 3 amide bonds. The van der Waals surface area contributed by atoms with E-state index < -0.39 is 21.5 Å². The number of nitrogens with one attached hydrogen (secondary N) is 2. The van der Waals surface area contributed by atoms with E-state index in [1.54, 1.807) is 65.4 Å². The van der Waals surface area contributed by atoms with Gasteiger partial charge in [-0.25, -0.2) is 27.9 Å². The van der Waals surface area contributed by atoms with E-state index in [1.165, 1.54) is 31.4 Å². The molecule has 2 aromatic carbocycles. The van der Waals surface area contributed by atoms with Crippen LogP contribution in [0.5, 0.6) is 11.6 Å². The number of hydrogen-bond donors (Lipinski definition) is 2. The van der Waals surface area contributed by atoms with Crippen molar-refractivity contribution in [2.75, 3.05) is 44.1 Å². The second kappa shape index (κ2) is 11.1. The molecular weight excluding hydrogens is 592 g/mol. The highest BCUT2D eigenvalue weighted by Crippen LogP contribution is 2.47. The quantitative estimate of drug-likeness (QED) is 0.318. The highest BCUT2D eigenvalue weighted by molar-refractivity contribution is 7.89. The molecule has 2 N–H and O–H groups in total. The van der Waals surface area contributed by atoms with Crippen LogP contribution in [0.4, 0.5) is 15.6 Å². The summed E-state index contributed by atoms with van der Waals surface area (Å²) >= 11 is 1.23. The van der Waals surface area contributed by atoms with Crippen LogP contribution in [0.1, 0.15) is 24.5 Å². The zero-order valence-corrected chi connectivity index (χ0v) is 25.4. The molecule has 0 saturated carbocycles. The summed E-state index contributed by atoms with van der Waals surface area (Å²) in [5, 5.41) is 3.25. The van der Waals surface area contributed by atoms with Crippen molar-refractivity contribution < 1.29 is 27.5 Å². The molecule has 2 aliphatic rings. The summed E-state index contributed by atoms with van der Waals surface area (Å²) in [6.07, 6.45) is 0.594. The first-order valence-corrected chi connectivity index (χ1v) is 15.8. The summed E-state index contributed by atoms with van der Waals surface area (Å²) in [7, 11) is -0.786. The number of amides is 3. The topological polar surface area (TPSA) is 143 Å². The van der Waals surface area contributed by atoms with E-state index in [0.29, 0.717) is 52.3 Å². The maximum atomic E-state index is 13.6. The zero-order chi connectivity index (χ0) is 30.4. The summed E-state index contributed by atoms with van der Waals surface area (Å²) < 4.78 is 39.8. The van der Waals surface area contributed by atoms with Gasteiger partial charge in [-0.05, 0) is 53.9 Å². The first-order chi connectivity index (χ1) is 20.6. The van der Waals surface area contributed by atoms with Gasteiger partial charge in [0, 0.05) is 50.3 Å². The summed E-state index contributed by atoms with van der Waals surface area (Å²) in [5.41, 5.74) is 2.11. The highest BCUT2D eigenvalue weighted by atomic mass is 32.2. The third-order valence-electron chi connectivity index (χ3n) is 7.92. The standard InChI is InChI=1S/C29H30N6O6S2/c1-18(36)34-13-12-29(16-34)17-35(28(37)33-27-31-23-9-11-25(41-3)32-26(23)42-27)24-10-8-21(14-22(24)29)43(38,39)30-15-19-4-6-20(40-2)7-5-19/h4-11,14,30H,12-13,15-17H2,1-3H3,(H,31,33,37). The van der Waals surface area contributed by atoms with Crippen molar-refractivity contribution >= 4 is 54.5 Å². The molecule has 4 aromatic rings. The predicted octanol–water partition coefficient (Wildman–Crippen LogP) is 3.73. The minimum Gasteiger partial charge on any atom is -0.497 e. The Morgan fingerprint density at radius 1 is 1.02 bits per heavy atom. The molecular formula is C29H30N6O6S2. The van der Waals surface area contributed by atoms with Crippen LogP contribution in [0.25, 0.3) is 10.3 Å². The average Bonchev–Trinajstić information content (AvgIpc) is 3.71. The van der Waals surface area contributed by atoms with Crippen molar-refractivity contribution in [3.63, 3.8) is 0 Å². The number of nitrogens with zero attached hydrogens (tertiary/aromatic N) is 4. The van der Waals surface area contributed by atoms with E-state index in [1.807, 2.05) is 0 Å². The number of benzene rings is 2. The van der Waals surface area contributed by atoms with Gasteiger partial charge in [-0.15, -0.1) is 0 Å². The summed E-state index contributed by atoms with van der Waals surface area (Å²) in [6, 6.07) is 15.0. The lowest BCUT2D eigenvalue weighted by atomic mass is 9.81. The largest absolute Gasteiger partial charge is 0.497 e. The Labute approximate surface area is 252 Å². The Bertz CT molecular complexity index is 1830. The number of likely N-dealkylation sites (tertiary alicyclic amines) is 1. The van der Waals surface area contributed by atoms with Gasteiger partial charge in [-0.2, -0.15) is 0 Å². The minimum atomic E-state index is -3.89. The number of thiazole rings is 1. The Morgan fingerprint density at radius 2 is 1.81 bits per heavy atom. The molecule has 1 fully saturated rings. The van der Waals surface area contributed by atoms with Crippen molar-refractivity contribution in [3.05, 3.63) is 65.7 Å². The van der Waals surface area contributed by atoms with Crippen LogP contribution in [0.15, 0.2) is 59.5 Å². The summed E-state index contributed by atoms with van der Waals surface area (Å²) in [6.45, 7) is 2.80. The fourth-order valence-electron chi connectivity index (χ4n) is 5.62. The van der Waals surface area contributed by atoms with Gasteiger partial charge in [0.1, 0.15) is 16.1 Å². The third-order valence-corrected chi connectivity index (χ3v) is 10.2. The molecule has 0 bridgehead atoms. The SMILES string of the molecule is COc1ccc(CNS(=O)(=O)c2ccc3c(c2)C2(CCN(C(C)=O)C2)CN3C(=O)Nc2nc3ccc(OC)nc3s2)cc1. The van der Waals surface area contributed by atoms with Crippen molar-refractivity contribution in [2.24, 2.45) is 0 Å². The molecule has 43 heavy (non-hydrogen) atoms. The summed E-state index contributed by atoms with van der Waals surface area (Å²) in [5.74, 6) is 1.06. The highest BCUT2D eigenvalue weighted by Gasteiger charge is 2.50. The molecule has 1 atom stereocenters. The molecule has 1 unspecified atom stereocenters. The van der Waals surface area contributed by atoms with Gasteiger partial charge in [-0.1, -0.05) is 23.5 Å². The smallest absolute Gasteiger partial charge is 0.328 e. The molecule has 2 aliphatic heterocycles.